The van der Waals surface area contributed by atoms with Crippen molar-refractivity contribution in [1.82, 2.24) is 10.2 Å². The van der Waals surface area contributed by atoms with Gasteiger partial charge in [-0.3, -0.25) is 4.90 Å². The first-order chi connectivity index (χ1) is 8.72. The summed E-state index contributed by atoms with van der Waals surface area (Å²) < 4.78 is 5.39. The van der Waals surface area contributed by atoms with Gasteiger partial charge in [-0.2, -0.15) is 0 Å². The monoisotopic (exact) mass is 254 g/mol. The molecule has 2 aliphatic heterocycles. The van der Waals surface area contributed by atoms with Crippen LogP contribution in [0.3, 0.4) is 0 Å². The number of piperidine rings is 1. The zero-order valence-electron chi connectivity index (χ0n) is 12.3. The molecule has 0 bridgehead atoms. The molecule has 0 aromatic carbocycles. The van der Waals surface area contributed by atoms with Crippen LogP contribution in [0.25, 0.3) is 0 Å². The molecule has 0 aliphatic carbocycles. The summed E-state index contributed by atoms with van der Waals surface area (Å²) in [6.45, 7) is 9.26. The van der Waals surface area contributed by atoms with Gasteiger partial charge in [0, 0.05) is 19.2 Å². The molecule has 2 fully saturated rings. The first-order valence-corrected chi connectivity index (χ1v) is 7.68. The Labute approximate surface area is 112 Å². The van der Waals surface area contributed by atoms with Crippen LogP contribution in [-0.2, 0) is 4.74 Å². The first-order valence-electron chi connectivity index (χ1n) is 7.68. The number of likely N-dealkylation sites (tertiary alicyclic amines) is 1. The quantitative estimate of drug-likeness (QED) is 0.813. The smallest absolute Gasteiger partial charge is 0.0620 e. The molecule has 0 radical (unpaired) electrons. The van der Waals surface area contributed by atoms with Gasteiger partial charge in [0.05, 0.1) is 6.61 Å². The van der Waals surface area contributed by atoms with Gasteiger partial charge < -0.3 is 10.1 Å². The second-order valence-electron chi connectivity index (χ2n) is 6.34. The Balaban J connectivity index is 1.80. The lowest BCUT2D eigenvalue weighted by Gasteiger charge is -2.40. The van der Waals surface area contributed by atoms with Gasteiger partial charge in [-0.05, 0) is 57.2 Å². The maximum Gasteiger partial charge on any atom is 0.0620 e. The van der Waals surface area contributed by atoms with Crippen LogP contribution in [0.1, 0.15) is 39.5 Å². The van der Waals surface area contributed by atoms with Gasteiger partial charge in [0.15, 0.2) is 0 Å². The lowest BCUT2D eigenvalue weighted by Crippen LogP contribution is -2.48. The fourth-order valence-electron chi connectivity index (χ4n) is 3.66. The van der Waals surface area contributed by atoms with Gasteiger partial charge in [0.25, 0.3) is 0 Å². The Morgan fingerprint density at radius 3 is 2.44 bits per heavy atom. The van der Waals surface area contributed by atoms with E-state index in [-0.39, 0.29) is 0 Å². The van der Waals surface area contributed by atoms with Crippen LogP contribution in [-0.4, -0.2) is 50.3 Å². The fraction of sp³-hybridized carbons (Fsp3) is 1.00. The minimum atomic E-state index is 0.604. The van der Waals surface area contributed by atoms with Crippen molar-refractivity contribution in [1.29, 1.82) is 0 Å². The SMILES string of the molecule is COCC(C(C)C)N1CCC(C2CCCN2)CC1. The van der Waals surface area contributed by atoms with Gasteiger partial charge in [-0.25, -0.2) is 0 Å². The zero-order valence-corrected chi connectivity index (χ0v) is 12.3. The average molecular weight is 254 g/mol. The van der Waals surface area contributed by atoms with Crippen molar-refractivity contribution in [2.45, 2.75) is 51.6 Å². The Morgan fingerprint density at radius 2 is 1.94 bits per heavy atom. The number of hydrogen-bond acceptors (Lipinski definition) is 3. The molecule has 1 N–H and O–H groups in total. The molecule has 2 atom stereocenters. The number of nitrogens with zero attached hydrogens (tertiary/aromatic N) is 1. The van der Waals surface area contributed by atoms with Crippen molar-refractivity contribution >= 4 is 0 Å². The molecule has 2 aliphatic rings. The van der Waals surface area contributed by atoms with E-state index >= 15 is 0 Å². The largest absolute Gasteiger partial charge is 0.383 e. The molecular weight excluding hydrogens is 224 g/mol. The second kappa shape index (κ2) is 6.88. The van der Waals surface area contributed by atoms with Crippen LogP contribution in [0.2, 0.25) is 0 Å². The molecule has 3 nitrogen and oxygen atoms in total. The Kier molecular flexibility index (Phi) is 5.46. The third-order valence-electron chi connectivity index (χ3n) is 4.82. The number of nitrogens with one attached hydrogen (secondary N) is 1. The van der Waals surface area contributed by atoms with Crippen LogP contribution in [0.15, 0.2) is 0 Å². The summed E-state index contributed by atoms with van der Waals surface area (Å²) in [6, 6.07) is 1.42. The van der Waals surface area contributed by atoms with Crippen molar-refractivity contribution in [3.8, 4) is 0 Å². The molecule has 0 aromatic heterocycles. The molecular formula is C15H30N2O. The van der Waals surface area contributed by atoms with Crippen molar-refractivity contribution in [3.63, 3.8) is 0 Å². The van der Waals surface area contributed by atoms with E-state index in [0.29, 0.717) is 12.0 Å². The van der Waals surface area contributed by atoms with Gasteiger partial charge in [0.1, 0.15) is 0 Å². The molecule has 2 unspecified atom stereocenters. The molecule has 0 aromatic rings. The van der Waals surface area contributed by atoms with Crippen LogP contribution in [0.5, 0.6) is 0 Å². The molecule has 18 heavy (non-hydrogen) atoms. The number of methoxy groups -OCH3 is 1. The highest BCUT2D eigenvalue weighted by Crippen LogP contribution is 2.27. The molecule has 2 heterocycles. The third kappa shape index (κ3) is 3.46. The minimum absolute atomic E-state index is 0.604. The second-order valence-corrected chi connectivity index (χ2v) is 6.34. The van der Waals surface area contributed by atoms with E-state index in [9.17, 15) is 0 Å². The minimum Gasteiger partial charge on any atom is -0.383 e. The molecule has 0 spiro atoms. The van der Waals surface area contributed by atoms with Crippen LogP contribution >= 0.6 is 0 Å². The van der Waals surface area contributed by atoms with E-state index in [2.05, 4.69) is 24.1 Å². The topological polar surface area (TPSA) is 24.5 Å². The lowest BCUT2D eigenvalue weighted by atomic mass is 9.87. The van der Waals surface area contributed by atoms with Crippen LogP contribution in [0, 0.1) is 11.8 Å². The molecule has 3 heteroatoms. The van der Waals surface area contributed by atoms with Gasteiger partial charge in [-0.15, -0.1) is 0 Å². The van der Waals surface area contributed by atoms with Crippen LogP contribution in [0.4, 0.5) is 0 Å². The van der Waals surface area contributed by atoms with Gasteiger partial charge >= 0.3 is 0 Å². The molecule has 0 amide bonds. The van der Waals surface area contributed by atoms with Crippen molar-refractivity contribution in [3.05, 3.63) is 0 Å². The lowest BCUT2D eigenvalue weighted by molar-refractivity contribution is 0.0378. The average Bonchev–Trinajstić information content (AvgIpc) is 2.90. The summed E-state index contributed by atoms with van der Waals surface area (Å²) in [5, 5.41) is 3.68. The Morgan fingerprint density at radius 1 is 1.22 bits per heavy atom. The Bertz CT molecular complexity index is 231. The predicted octanol–water partition coefficient (Wildman–Crippen LogP) is 2.12. The summed E-state index contributed by atoms with van der Waals surface area (Å²) in [5.74, 6) is 1.60. The zero-order chi connectivity index (χ0) is 13.0. The Hall–Kier alpha value is -0.120. The van der Waals surface area contributed by atoms with Gasteiger partial charge in [-0.1, -0.05) is 13.8 Å². The highest BCUT2D eigenvalue weighted by atomic mass is 16.5. The summed E-state index contributed by atoms with van der Waals surface area (Å²) in [7, 11) is 1.82. The fourth-order valence-corrected chi connectivity index (χ4v) is 3.66. The highest BCUT2D eigenvalue weighted by molar-refractivity contribution is 4.87. The summed E-state index contributed by atoms with van der Waals surface area (Å²) in [5.41, 5.74) is 0. The van der Waals surface area contributed by atoms with E-state index in [1.165, 1.54) is 45.3 Å². The van der Waals surface area contributed by atoms with E-state index in [4.69, 9.17) is 4.74 Å². The highest BCUT2D eigenvalue weighted by Gasteiger charge is 2.31. The van der Waals surface area contributed by atoms with Crippen molar-refractivity contribution in [2.75, 3.05) is 33.4 Å². The molecule has 2 saturated heterocycles. The number of ether oxygens (including phenoxy) is 1. The van der Waals surface area contributed by atoms with E-state index < -0.39 is 0 Å². The summed E-state index contributed by atoms with van der Waals surface area (Å²) in [6.07, 6.45) is 5.51. The number of rotatable bonds is 5. The van der Waals surface area contributed by atoms with E-state index in [1.54, 1.807) is 0 Å². The van der Waals surface area contributed by atoms with Crippen molar-refractivity contribution < 1.29 is 4.74 Å². The van der Waals surface area contributed by atoms with E-state index in [0.717, 1.165) is 18.6 Å². The normalized spacial score (nSPS) is 29.0. The maximum atomic E-state index is 5.39. The third-order valence-corrected chi connectivity index (χ3v) is 4.82. The van der Waals surface area contributed by atoms with Gasteiger partial charge in [0.2, 0.25) is 0 Å². The molecule has 0 saturated carbocycles. The standard InChI is InChI=1S/C15H30N2O/c1-12(2)15(11-18-3)17-9-6-13(7-10-17)14-5-4-8-16-14/h12-16H,4-11H2,1-3H3. The summed E-state index contributed by atoms with van der Waals surface area (Å²) >= 11 is 0. The number of hydrogen-bond donors (Lipinski definition) is 1. The summed E-state index contributed by atoms with van der Waals surface area (Å²) in [4.78, 5) is 2.65. The van der Waals surface area contributed by atoms with E-state index in [1.807, 2.05) is 7.11 Å². The molecule has 106 valence electrons. The van der Waals surface area contributed by atoms with Crippen molar-refractivity contribution in [2.24, 2.45) is 11.8 Å². The molecule has 2 rings (SSSR count). The first kappa shape index (κ1) is 14.3. The predicted molar refractivity (Wildman–Crippen MR) is 75.8 cm³/mol. The maximum absolute atomic E-state index is 5.39. The van der Waals surface area contributed by atoms with Crippen LogP contribution < -0.4 is 5.32 Å².